The van der Waals surface area contributed by atoms with E-state index >= 15 is 0 Å². The van der Waals surface area contributed by atoms with Crippen molar-refractivity contribution < 1.29 is 9.69 Å². The zero-order valence-electron chi connectivity index (χ0n) is 15.5. The molecule has 1 aliphatic heterocycles. The molecule has 0 aliphatic carbocycles. The molecule has 2 N–H and O–H groups in total. The molecule has 140 valence electrons. The molecule has 0 saturated carbocycles. The smallest absolute Gasteiger partial charge is 0.275 e. The normalized spacial score (nSPS) is 15.9. The number of nitrogens with zero attached hydrogens (tertiary/aromatic N) is 2. The van der Waals surface area contributed by atoms with Crippen LogP contribution >= 0.6 is 22.9 Å². The number of hydrogen-bond donors (Lipinski definition) is 2. The van der Waals surface area contributed by atoms with Crippen molar-refractivity contribution in [3.05, 3.63) is 34.7 Å². The van der Waals surface area contributed by atoms with Crippen molar-refractivity contribution in [1.82, 2.24) is 10.3 Å². The van der Waals surface area contributed by atoms with Gasteiger partial charge in [-0.2, -0.15) is 0 Å². The van der Waals surface area contributed by atoms with E-state index in [4.69, 9.17) is 16.6 Å². The van der Waals surface area contributed by atoms with E-state index in [0.717, 1.165) is 47.6 Å². The summed E-state index contributed by atoms with van der Waals surface area (Å²) in [7, 11) is 0. The van der Waals surface area contributed by atoms with Gasteiger partial charge in [0.15, 0.2) is 11.7 Å². The predicted molar refractivity (Wildman–Crippen MR) is 108 cm³/mol. The first-order valence-electron chi connectivity index (χ1n) is 8.91. The predicted octanol–water partition coefficient (Wildman–Crippen LogP) is 2.08. The molecule has 0 bridgehead atoms. The molecular weight excluding hydrogens is 368 g/mol. The molecular formula is C19H26ClN4OS+. The van der Waals surface area contributed by atoms with Crippen molar-refractivity contribution in [1.29, 1.82) is 0 Å². The molecule has 26 heavy (non-hydrogen) atoms. The molecule has 5 nitrogen and oxygen atoms in total. The summed E-state index contributed by atoms with van der Waals surface area (Å²) in [5, 5.41) is 6.92. The Morgan fingerprint density at radius 3 is 2.54 bits per heavy atom. The Balaban J connectivity index is 1.54. The number of hydrogen-bond acceptors (Lipinski definition) is 4. The van der Waals surface area contributed by atoms with Crippen LogP contribution in [-0.2, 0) is 4.79 Å². The van der Waals surface area contributed by atoms with Crippen molar-refractivity contribution in [3.8, 4) is 11.3 Å². The van der Waals surface area contributed by atoms with Crippen LogP contribution in [0.1, 0.15) is 20.8 Å². The molecule has 0 atom stereocenters. The lowest BCUT2D eigenvalue weighted by molar-refractivity contribution is -0.892. The van der Waals surface area contributed by atoms with Crippen LogP contribution in [0.4, 0.5) is 5.13 Å². The van der Waals surface area contributed by atoms with Gasteiger partial charge in [-0.15, -0.1) is 11.3 Å². The second-order valence-corrected chi connectivity index (χ2v) is 9.01. The van der Waals surface area contributed by atoms with Crippen LogP contribution in [0.2, 0.25) is 5.02 Å². The second kappa shape index (κ2) is 7.94. The fourth-order valence-corrected chi connectivity index (χ4v) is 4.06. The molecule has 2 heterocycles. The number of piperazine rings is 1. The number of thiazole rings is 1. The van der Waals surface area contributed by atoms with Gasteiger partial charge < -0.3 is 15.1 Å². The minimum atomic E-state index is -0.169. The Morgan fingerprint density at radius 1 is 1.27 bits per heavy atom. The number of halogens is 1. The molecule has 1 aromatic heterocycles. The van der Waals surface area contributed by atoms with E-state index in [0.29, 0.717) is 6.54 Å². The first kappa shape index (κ1) is 19.1. The number of carbonyl (C=O) groups is 1. The van der Waals surface area contributed by atoms with Gasteiger partial charge in [-0.05, 0) is 32.9 Å². The maximum atomic E-state index is 12.1. The molecule has 7 heteroatoms. The minimum absolute atomic E-state index is 0.125. The highest BCUT2D eigenvalue weighted by Crippen LogP contribution is 2.28. The third kappa shape index (κ3) is 5.19. The fraction of sp³-hybridized carbons (Fsp3) is 0.474. The van der Waals surface area contributed by atoms with Crippen molar-refractivity contribution in [2.75, 3.05) is 37.6 Å². The average Bonchev–Trinajstić information content (AvgIpc) is 3.04. The lowest BCUT2D eigenvalue weighted by atomic mass is 10.1. The van der Waals surface area contributed by atoms with Crippen molar-refractivity contribution in [2.24, 2.45) is 0 Å². The van der Waals surface area contributed by atoms with Gasteiger partial charge in [-0.3, -0.25) is 4.79 Å². The van der Waals surface area contributed by atoms with Crippen LogP contribution in [0.5, 0.6) is 0 Å². The van der Waals surface area contributed by atoms with Gasteiger partial charge in [0.2, 0.25) is 0 Å². The Bertz CT molecular complexity index is 746. The lowest BCUT2D eigenvalue weighted by Crippen LogP contribution is -3.16. The van der Waals surface area contributed by atoms with E-state index in [2.05, 4.69) is 15.6 Å². The average molecular weight is 394 g/mol. The molecule has 1 amide bonds. The molecule has 2 aromatic rings. The van der Waals surface area contributed by atoms with Gasteiger partial charge in [-0.1, -0.05) is 23.7 Å². The van der Waals surface area contributed by atoms with Gasteiger partial charge >= 0.3 is 0 Å². The number of amides is 1. The van der Waals surface area contributed by atoms with Gasteiger partial charge in [-0.25, -0.2) is 4.98 Å². The number of rotatable bonds is 4. The van der Waals surface area contributed by atoms with Gasteiger partial charge in [0, 0.05) is 21.5 Å². The van der Waals surface area contributed by atoms with Crippen LogP contribution in [0.15, 0.2) is 29.6 Å². The van der Waals surface area contributed by atoms with Crippen LogP contribution in [0.3, 0.4) is 0 Å². The maximum absolute atomic E-state index is 12.1. The number of carbonyl (C=O) groups excluding carboxylic acids is 1. The summed E-state index contributed by atoms with van der Waals surface area (Å²) in [6.45, 7) is 10.3. The summed E-state index contributed by atoms with van der Waals surface area (Å²) in [6, 6.07) is 7.77. The van der Waals surface area contributed by atoms with Gasteiger partial charge in [0.25, 0.3) is 5.91 Å². The van der Waals surface area contributed by atoms with Crippen LogP contribution < -0.4 is 15.1 Å². The van der Waals surface area contributed by atoms with E-state index < -0.39 is 0 Å². The first-order chi connectivity index (χ1) is 12.3. The first-order valence-corrected chi connectivity index (χ1v) is 10.2. The van der Waals surface area contributed by atoms with Gasteiger partial charge in [0.1, 0.15) is 0 Å². The van der Waals surface area contributed by atoms with E-state index in [9.17, 15) is 4.79 Å². The monoisotopic (exact) mass is 393 g/mol. The Labute approximate surface area is 164 Å². The highest BCUT2D eigenvalue weighted by molar-refractivity contribution is 7.14. The fourth-order valence-electron chi connectivity index (χ4n) is 3.04. The second-order valence-electron chi connectivity index (χ2n) is 7.73. The van der Waals surface area contributed by atoms with Crippen LogP contribution in [-0.4, -0.2) is 49.2 Å². The largest absolute Gasteiger partial charge is 0.347 e. The van der Waals surface area contributed by atoms with E-state index in [1.807, 2.05) is 45.0 Å². The van der Waals surface area contributed by atoms with E-state index in [1.54, 1.807) is 11.3 Å². The van der Waals surface area contributed by atoms with Crippen LogP contribution in [0, 0.1) is 0 Å². The standard InChI is InChI=1S/C19H25ClN4OS/c1-19(2,3)22-17(25)12-23-8-10-24(11-9-23)18-21-16(13-26-18)14-4-6-15(20)7-5-14/h4-7,13H,8-12H2,1-3H3,(H,22,25)/p+1. The van der Waals surface area contributed by atoms with Crippen LogP contribution in [0.25, 0.3) is 11.3 Å². The minimum Gasteiger partial charge on any atom is -0.347 e. The number of benzene rings is 1. The van der Waals surface area contributed by atoms with Gasteiger partial charge in [0.05, 0.1) is 31.9 Å². The van der Waals surface area contributed by atoms with Crippen molar-refractivity contribution in [2.45, 2.75) is 26.3 Å². The third-order valence-corrected chi connectivity index (χ3v) is 5.45. The number of anilines is 1. The zero-order chi connectivity index (χ0) is 18.7. The summed E-state index contributed by atoms with van der Waals surface area (Å²) < 4.78 is 0. The Hall–Kier alpha value is -1.63. The molecule has 1 aliphatic rings. The number of nitrogens with one attached hydrogen (secondary N) is 2. The molecule has 0 radical (unpaired) electrons. The summed E-state index contributed by atoms with van der Waals surface area (Å²) in [5.74, 6) is 0.125. The maximum Gasteiger partial charge on any atom is 0.275 e. The summed E-state index contributed by atoms with van der Waals surface area (Å²) in [6.07, 6.45) is 0. The van der Waals surface area contributed by atoms with Crippen molar-refractivity contribution >= 4 is 34.0 Å². The molecule has 3 rings (SSSR count). The molecule has 0 spiro atoms. The Morgan fingerprint density at radius 2 is 1.92 bits per heavy atom. The highest BCUT2D eigenvalue weighted by Gasteiger charge is 2.25. The summed E-state index contributed by atoms with van der Waals surface area (Å²) in [4.78, 5) is 20.5. The topological polar surface area (TPSA) is 49.7 Å². The summed E-state index contributed by atoms with van der Waals surface area (Å²) in [5.41, 5.74) is 1.90. The molecule has 1 saturated heterocycles. The Kier molecular flexibility index (Phi) is 5.85. The van der Waals surface area contributed by atoms with Crippen molar-refractivity contribution in [3.63, 3.8) is 0 Å². The van der Waals surface area contributed by atoms with E-state index in [-0.39, 0.29) is 11.4 Å². The SMILES string of the molecule is CC(C)(C)NC(=O)C[NH+]1CCN(c2nc(-c3ccc(Cl)cc3)cs2)CC1. The molecule has 1 fully saturated rings. The third-order valence-electron chi connectivity index (χ3n) is 4.30. The lowest BCUT2D eigenvalue weighted by Gasteiger charge is -2.32. The number of quaternary nitrogens is 1. The zero-order valence-corrected chi connectivity index (χ0v) is 17.1. The molecule has 1 aromatic carbocycles. The summed E-state index contributed by atoms with van der Waals surface area (Å²) >= 11 is 7.63. The molecule has 0 unspecified atom stereocenters. The highest BCUT2D eigenvalue weighted by atomic mass is 35.5. The quantitative estimate of drug-likeness (QED) is 0.836. The number of aromatic nitrogens is 1. The van der Waals surface area contributed by atoms with E-state index in [1.165, 1.54) is 4.90 Å².